The van der Waals surface area contributed by atoms with Gasteiger partial charge in [-0.05, 0) is 32.6 Å². The summed E-state index contributed by atoms with van der Waals surface area (Å²) in [6, 6.07) is 0. The second-order valence-electron chi connectivity index (χ2n) is 7.21. The highest BCUT2D eigenvalue weighted by Crippen LogP contribution is 2.33. The maximum Gasteiger partial charge on any atom is 0.288 e. The van der Waals surface area contributed by atoms with Crippen molar-refractivity contribution in [2.24, 2.45) is 11.8 Å². The van der Waals surface area contributed by atoms with Gasteiger partial charge in [0.1, 0.15) is 5.76 Å². The highest BCUT2D eigenvalue weighted by atomic mass is 19.1. The normalized spacial score (nSPS) is 23.4. The standard InChI is InChI=1S/C17H22FN5O2/c1-9-14(11(3)25-21-9)8-22-4-12-6-23(7-13(12)5-22)17-19-10(2)15(18)16(24)20-17/h12-13H,4-8H2,1-3H3,(H,19,20,24). The van der Waals surface area contributed by atoms with E-state index in [9.17, 15) is 9.18 Å². The predicted octanol–water partition coefficient (Wildman–Crippen LogP) is 1.39. The number of likely N-dealkylation sites (tertiary alicyclic amines) is 1. The van der Waals surface area contributed by atoms with Gasteiger partial charge in [-0.1, -0.05) is 5.16 Å². The van der Waals surface area contributed by atoms with Crippen molar-refractivity contribution in [3.8, 4) is 0 Å². The largest absolute Gasteiger partial charge is 0.361 e. The highest BCUT2D eigenvalue weighted by molar-refractivity contribution is 5.33. The van der Waals surface area contributed by atoms with Gasteiger partial charge in [-0.25, -0.2) is 4.98 Å². The molecule has 2 aliphatic rings. The van der Waals surface area contributed by atoms with Crippen LogP contribution in [-0.4, -0.2) is 46.2 Å². The van der Waals surface area contributed by atoms with E-state index in [0.29, 0.717) is 17.8 Å². The molecule has 0 saturated carbocycles. The molecule has 1 N–H and O–H groups in total. The van der Waals surface area contributed by atoms with Gasteiger partial charge in [0.15, 0.2) is 0 Å². The molecule has 4 rings (SSSR count). The SMILES string of the molecule is Cc1noc(C)c1CN1CC2CN(c3nc(C)c(F)c(=O)[nH]3)CC2C1. The number of anilines is 1. The Bertz CT molecular complexity index is 828. The van der Waals surface area contributed by atoms with Gasteiger partial charge in [-0.15, -0.1) is 0 Å². The van der Waals surface area contributed by atoms with E-state index in [4.69, 9.17) is 4.52 Å². The first-order valence-electron chi connectivity index (χ1n) is 8.58. The number of rotatable bonds is 3. The number of nitrogens with one attached hydrogen (secondary N) is 1. The first-order chi connectivity index (χ1) is 11.9. The van der Waals surface area contributed by atoms with Crippen molar-refractivity contribution in [3.63, 3.8) is 0 Å². The lowest BCUT2D eigenvalue weighted by Gasteiger charge is -2.22. The quantitative estimate of drug-likeness (QED) is 0.904. The maximum absolute atomic E-state index is 13.5. The van der Waals surface area contributed by atoms with Gasteiger partial charge >= 0.3 is 0 Å². The van der Waals surface area contributed by atoms with Crippen LogP contribution in [0.2, 0.25) is 0 Å². The summed E-state index contributed by atoms with van der Waals surface area (Å²) in [5.41, 5.74) is 1.59. The Morgan fingerprint density at radius 1 is 1.16 bits per heavy atom. The first kappa shape index (κ1) is 16.3. The number of fused-ring (bicyclic) bond motifs is 1. The Hall–Kier alpha value is -2.22. The van der Waals surface area contributed by atoms with Crippen molar-refractivity contribution in [1.29, 1.82) is 0 Å². The van der Waals surface area contributed by atoms with Crippen LogP contribution < -0.4 is 10.5 Å². The number of aryl methyl sites for hydroxylation is 3. The van der Waals surface area contributed by atoms with E-state index < -0.39 is 11.4 Å². The summed E-state index contributed by atoms with van der Waals surface area (Å²) >= 11 is 0. The maximum atomic E-state index is 13.5. The molecule has 0 aromatic carbocycles. The fourth-order valence-electron chi connectivity index (χ4n) is 4.05. The van der Waals surface area contributed by atoms with Crippen molar-refractivity contribution >= 4 is 5.95 Å². The molecule has 2 atom stereocenters. The third kappa shape index (κ3) is 2.84. The Balaban J connectivity index is 1.43. The summed E-state index contributed by atoms with van der Waals surface area (Å²) < 4.78 is 18.7. The van der Waals surface area contributed by atoms with Gasteiger partial charge in [-0.3, -0.25) is 14.7 Å². The van der Waals surface area contributed by atoms with Gasteiger partial charge in [0.25, 0.3) is 5.56 Å². The summed E-state index contributed by atoms with van der Waals surface area (Å²) in [6.45, 7) is 9.96. The summed E-state index contributed by atoms with van der Waals surface area (Å²) in [7, 11) is 0. The van der Waals surface area contributed by atoms with Crippen molar-refractivity contribution in [3.05, 3.63) is 38.9 Å². The van der Waals surface area contributed by atoms with Gasteiger partial charge in [-0.2, -0.15) is 4.39 Å². The molecule has 7 nitrogen and oxygen atoms in total. The molecule has 0 bridgehead atoms. The summed E-state index contributed by atoms with van der Waals surface area (Å²) in [4.78, 5) is 22.9. The smallest absolute Gasteiger partial charge is 0.288 e. The Labute approximate surface area is 144 Å². The van der Waals surface area contributed by atoms with E-state index in [1.165, 1.54) is 12.5 Å². The Morgan fingerprint density at radius 3 is 2.40 bits per heavy atom. The Kier molecular flexibility index (Phi) is 3.87. The fraction of sp³-hybridized carbons (Fsp3) is 0.588. The summed E-state index contributed by atoms with van der Waals surface area (Å²) in [5.74, 6) is 1.62. The number of H-pyrrole nitrogens is 1. The second-order valence-corrected chi connectivity index (χ2v) is 7.21. The second kappa shape index (κ2) is 5.94. The van der Waals surface area contributed by atoms with Crippen molar-refractivity contribution < 1.29 is 8.91 Å². The van der Waals surface area contributed by atoms with Crippen molar-refractivity contribution in [2.45, 2.75) is 27.3 Å². The van der Waals surface area contributed by atoms with Gasteiger partial charge in [0, 0.05) is 38.3 Å². The summed E-state index contributed by atoms with van der Waals surface area (Å²) in [6.07, 6.45) is 0. The first-order valence-corrected chi connectivity index (χ1v) is 8.58. The molecule has 2 aliphatic heterocycles. The molecule has 4 heterocycles. The van der Waals surface area contributed by atoms with Gasteiger partial charge in [0.2, 0.25) is 11.8 Å². The Morgan fingerprint density at radius 2 is 1.84 bits per heavy atom. The molecule has 2 aromatic rings. The minimum absolute atomic E-state index is 0.149. The van der Waals surface area contributed by atoms with Crippen LogP contribution >= 0.6 is 0 Å². The molecule has 134 valence electrons. The topological polar surface area (TPSA) is 78.3 Å². The minimum Gasteiger partial charge on any atom is -0.361 e. The van der Waals surface area contributed by atoms with Crippen molar-refractivity contribution in [2.75, 3.05) is 31.1 Å². The zero-order chi connectivity index (χ0) is 17.7. The van der Waals surface area contributed by atoms with Gasteiger partial charge < -0.3 is 9.42 Å². The fourth-order valence-corrected chi connectivity index (χ4v) is 4.05. The average molecular weight is 347 g/mol. The molecule has 2 saturated heterocycles. The van der Waals surface area contributed by atoms with E-state index in [0.717, 1.165) is 44.2 Å². The van der Waals surface area contributed by atoms with Crippen molar-refractivity contribution in [1.82, 2.24) is 20.0 Å². The van der Waals surface area contributed by atoms with Crippen LogP contribution in [0.15, 0.2) is 9.32 Å². The third-order valence-corrected chi connectivity index (χ3v) is 5.44. The number of hydrogen-bond acceptors (Lipinski definition) is 6. The average Bonchev–Trinajstić information content (AvgIpc) is 3.21. The molecular formula is C17H22FN5O2. The van der Waals surface area contributed by atoms with Crippen LogP contribution in [0, 0.1) is 38.4 Å². The van der Waals surface area contributed by atoms with Gasteiger partial charge in [0.05, 0.1) is 11.4 Å². The monoisotopic (exact) mass is 347 g/mol. The lowest BCUT2D eigenvalue weighted by atomic mass is 10.0. The van der Waals surface area contributed by atoms with Crippen LogP contribution in [0.4, 0.5) is 10.3 Å². The molecule has 0 radical (unpaired) electrons. The van der Waals surface area contributed by atoms with Crippen LogP contribution in [-0.2, 0) is 6.54 Å². The van der Waals surface area contributed by atoms with Crippen LogP contribution in [0.1, 0.15) is 22.7 Å². The molecule has 2 unspecified atom stereocenters. The molecule has 8 heteroatoms. The number of hydrogen-bond donors (Lipinski definition) is 1. The summed E-state index contributed by atoms with van der Waals surface area (Å²) in [5, 5.41) is 4.02. The molecule has 0 spiro atoms. The van der Waals surface area contributed by atoms with E-state index in [1.807, 2.05) is 13.8 Å². The molecule has 2 fully saturated rings. The molecule has 25 heavy (non-hydrogen) atoms. The highest BCUT2D eigenvalue weighted by Gasteiger charge is 2.41. The number of nitrogens with zero attached hydrogens (tertiary/aromatic N) is 4. The zero-order valence-corrected chi connectivity index (χ0v) is 14.7. The van der Waals surface area contributed by atoms with Crippen LogP contribution in [0.3, 0.4) is 0 Å². The lowest BCUT2D eigenvalue weighted by molar-refractivity contribution is 0.305. The molecule has 2 aromatic heterocycles. The number of aromatic amines is 1. The van der Waals surface area contributed by atoms with E-state index in [2.05, 4.69) is 24.9 Å². The number of halogens is 1. The zero-order valence-electron chi connectivity index (χ0n) is 14.7. The number of aromatic nitrogens is 3. The molecule has 0 amide bonds. The molecule has 0 aliphatic carbocycles. The lowest BCUT2D eigenvalue weighted by Crippen LogP contribution is -2.31. The minimum atomic E-state index is -0.797. The van der Waals surface area contributed by atoms with E-state index >= 15 is 0 Å². The van der Waals surface area contributed by atoms with Crippen LogP contribution in [0.25, 0.3) is 0 Å². The molecular weight excluding hydrogens is 325 g/mol. The third-order valence-electron chi connectivity index (χ3n) is 5.44. The predicted molar refractivity (Wildman–Crippen MR) is 90.0 cm³/mol. The van der Waals surface area contributed by atoms with Crippen LogP contribution in [0.5, 0.6) is 0 Å². The van der Waals surface area contributed by atoms with E-state index in [-0.39, 0.29) is 5.69 Å². The van der Waals surface area contributed by atoms with E-state index in [1.54, 1.807) is 0 Å².